The number of hydrogen-bond acceptors (Lipinski definition) is 2. The molecule has 3 aromatic rings. The molecule has 122 valence electrons. The van der Waals surface area contributed by atoms with Crippen molar-refractivity contribution in [3.63, 3.8) is 0 Å². The molecule has 1 heterocycles. The van der Waals surface area contributed by atoms with Crippen LogP contribution in [0.5, 0.6) is 0 Å². The minimum atomic E-state index is -0.316. The third kappa shape index (κ3) is 3.23. The predicted molar refractivity (Wildman–Crippen MR) is 96.4 cm³/mol. The highest BCUT2D eigenvalue weighted by Gasteiger charge is 2.14. The van der Waals surface area contributed by atoms with Gasteiger partial charge in [0.05, 0.1) is 5.52 Å². The van der Waals surface area contributed by atoms with Gasteiger partial charge in [-0.05, 0) is 31.0 Å². The van der Waals surface area contributed by atoms with E-state index in [-0.39, 0.29) is 16.9 Å². The number of amides is 1. The minimum Gasteiger partial charge on any atom is -0.352 e. The average molecular weight is 320 g/mol. The van der Waals surface area contributed by atoms with Gasteiger partial charge in [0.1, 0.15) is 5.56 Å². The van der Waals surface area contributed by atoms with Gasteiger partial charge in [0.15, 0.2) is 0 Å². The molecule has 3 rings (SSSR count). The van der Waals surface area contributed by atoms with Crippen molar-refractivity contribution in [2.45, 2.75) is 19.9 Å². The van der Waals surface area contributed by atoms with Crippen molar-refractivity contribution in [2.24, 2.45) is 0 Å². The maximum absolute atomic E-state index is 12.6. The molecular formula is C20H20N2O2. The summed E-state index contributed by atoms with van der Waals surface area (Å²) < 4.78 is 1.93. The van der Waals surface area contributed by atoms with Crippen LogP contribution in [0, 0.1) is 0 Å². The van der Waals surface area contributed by atoms with Crippen molar-refractivity contribution in [2.75, 3.05) is 6.54 Å². The zero-order valence-corrected chi connectivity index (χ0v) is 13.7. The second kappa shape index (κ2) is 7.13. The van der Waals surface area contributed by atoms with E-state index in [0.29, 0.717) is 18.5 Å². The van der Waals surface area contributed by atoms with Crippen LogP contribution in [0.4, 0.5) is 0 Å². The van der Waals surface area contributed by atoms with Crippen LogP contribution in [0.3, 0.4) is 0 Å². The number of nitrogens with zero attached hydrogens (tertiary/aromatic N) is 1. The summed E-state index contributed by atoms with van der Waals surface area (Å²) in [6.45, 7) is 3.19. The van der Waals surface area contributed by atoms with Gasteiger partial charge in [-0.3, -0.25) is 9.59 Å². The quantitative estimate of drug-likeness (QED) is 0.786. The molecule has 0 saturated heterocycles. The van der Waals surface area contributed by atoms with Gasteiger partial charge < -0.3 is 9.88 Å². The van der Waals surface area contributed by atoms with Gasteiger partial charge >= 0.3 is 0 Å². The van der Waals surface area contributed by atoms with Crippen molar-refractivity contribution in [3.05, 3.63) is 82.1 Å². The largest absolute Gasteiger partial charge is 0.352 e. The zero-order valence-electron chi connectivity index (χ0n) is 13.7. The molecule has 0 aliphatic heterocycles. The SMILES string of the molecule is CCn1cc(C(=O)NCCc2ccccc2)c(=O)c2ccccc21. The van der Waals surface area contributed by atoms with Crippen molar-refractivity contribution < 1.29 is 4.79 Å². The van der Waals surface area contributed by atoms with Crippen LogP contribution >= 0.6 is 0 Å². The number of fused-ring (bicyclic) bond motifs is 1. The van der Waals surface area contributed by atoms with E-state index in [4.69, 9.17) is 0 Å². The monoisotopic (exact) mass is 320 g/mol. The van der Waals surface area contributed by atoms with Crippen LogP contribution in [-0.4, -0.2) is 17.0 Å². The van der Waals surface area contributed by atoms with E-state index in [2.05, 4.69) is 5.32 Å². The lowest BCUT2D eigenvalue weighted by molar-refractivity contribution is 0.0952. The predicted octanol–water partition coefficient (Wildman–Crippen LogP) is 2.99. The molecule has 0 aliphatic carbocycles. The summed E-state index contributed by atoms with van der Waals surface area (Å²) in [6, 6.07) is 17.3. The molecule has 1 aromatic heterocycles. The topological polar surface area (TPSA) is 51.1 Å². The van der Waals surface area contributed by atoms with E-state index in [0.717, 1.165) is 17.5 Å². The lowest BCUT2D eigenvalue weighted by Gasteiger charge is -2.11. The molecule has 1 N–H and O–H groups in total. The number of benzene rings is 2. The number of carbonyl (C=O) groups excluding carboxylic acids is 1. The number of para-hydroxylation sites is 1. The van der Waals surface area contributed by atoms with Crippen molar-refractivity contribution in [1.82, 2.24) is 9.88 Å². The molecule has 0 aliphatic rings. The Bertz CT molecular complexity index is 914. The number of carbonyl (C=O) groups is 1. The third-order valence-electron chi connectivity index (χ3n) is 4.12. The fraction of sp³-hybridized carbons (Fsp3) is 0.200. The number of pyridine rings is 1. The van der Waals surface area contributed by atoms with Gasteiger partial charge in [-0.15, -0.1) is 0 Å². The van der Waals surface area contributed by atoms with Crippen molar-refractivity contribution >= 4 is 16.8 Å². The molecular weight excluding hydrogens is 300 g/mol. The van der Waals surface area contributed by atoms with E-state index in [1.807, 2.05) is 60.0 Å². The second-order valence-electron chi connectivity index (χ2n) is 5.67. The highest BCUT2D eigenvalue weighted by atomic mass is 16.2. The molecule has 2 aromatic carbocycles. The second-order valence-corrected chi connectivity index (χ2v) is 5.67. The van der Waals surface area contributed by atoms with Crippen LogP contribution in [0.1, 0.15) is 22.8 Å². The molecule has 0 radical (unpaired) electrons. The summed E-state index contributed by atoms with van der Waals surface area (Å²) >= 11 is 0. The number of nitrogens with one attached hydrogen (secondary N) is 1. The van der Waals surface area contributed by atoms with Crippen LogP contribution in [0.15, 0.2) is 65.6 Å². The summed E-state index contributed by atoms with van der Waals surface area (Å²) in [5.74, 6) is -0.316. The third-order valence-corrected chi connectivity index (χ3v) is 4.12. The molecule has 0 bridgehead atoms. The highest BCUT2D eigenvalue weighted by Crippen LogP contribution is 2.11. The van der Waals surface area contributed by atoms with Crippen LogP contribution in [-0.2, 0) is 13.0 Å². The molecule has 0 spiro atoms. The molecule has 4 nitrogen and oxygen atoms in total. The summed E-state index contributed by atoms with van der Waals surface area (Å²) in [7, 11) is 0. The van der Waals surface area contributed by atoms with Crippen LogP contribution in [0.25, 0.3) is 10.9 Å². The Balaban J connectivity index is 1.82. The Labute approximate surface area is 140 Å². The molecule has 0 fully saturated rings. The summed E-state index contributed by atoms with van der Waals surface area (Å²) in [5, 5.41) is 3.43. The van der Waals surface area contributed by atoms with Gasteiger partial charge in [0.2, 0.25) is 5.43 Å². The lowest BCUT2D eigenvalue weighted by atomic mass is 10.1. The van der Waals surface area contributed by atoms with Crippen LogP contribution < -0.4 is 10.7 Å². The molecule has 0 saturated carbocycles. The Morgan fingerprint density at radius 2 is 1.75 bits per heavy atom. The zero-order chi connectivity index (χ0) is 16.9. The van der Waals surface area contributed by atoms with Gasteiger partial charge in [0, 0.05) is 24.7 Å². The number of rotatable bonds is 5. The average Bonchev–Trinajstić information content (AvgIpc) is 2.63. The molecule has 24 heavy (non-hydrogen) atoms. The van der Waals surface area contributed by atoms with Gasteiger partial charge in [-0.2, -0.15) is 0 Å². The van der Waals surface area contributed by atoms with Gasteiger partial charge in [-0.1, -0.05) is 42.5 Å². The number of aromatic nitrogens is 1. The summed E-state index contributed by atoms with van der Waals surface area (Å²) in [6.07, 6.45) is 2.39. The van der Waals surface area contributed by atoms with Gasteiger partial charge in [0.25, 0.3) is 5.91 Å². The maximum Gasteiger partial charge on any atom is 0.256 e. The smallest absolute Gasteiger partial charge is 0.256 e. The maximum atomic E-state index is 12.6. The first-order valence-corrected chi connectivity index (χ1v) is 8.15. The first-order chi connectivity index (χ1) is 11.7. The normalized spacial score (nSPS) is 10.7. The Hall–Kier alpha value is -2.88. The minimum absolute atomic E-state index is 0.198. The number of hydrogen-bond donors (Lipinski definition) is 1. The van der Waals surface area contributed by atoms with Crippen molar-refractivity contribution in [1.29, 1.82) is 0 Å². The van der Waals surface area contributed by atoms with Gasteiger partial charge in [-0.25, -0.2) is 0 Å². The summed E-state index contributed by atoms with van der Waals surface area (Å²) in [5.41, 5.74) is 1.99. The van der Waals surface area contributed by atoms with E-state index < -0.39 is 0 Å². The molecule has 1 amide bonds. The lowest BCUT2D eigenvalue weighted by Crippen LogP contribution is -2.31. The summed E-state index contributed by atoms with van der Waals surface area (Å²) in [4.78, 5) is 25.0. The number of aryl methyl sites for hydroxylation is 1. The first-order valence-electron chi connectivity index (χ1n) is 8.15. The van der Waals surface area contributed by atoms with E-state index in [9.17, 15) is 9.59 Å². The van der Waals surface area contributed by atoms with Crippen molar-refractivity contribution in [3.8, 4) is 0 Å². The Morgan fingerprint density at radius 1 is 1.04 bits per heavy atom. The molecule has 0 unspecified atom stereocenters. The van der Waals surface area contributed by atoms with E-state index >= 15 is 0 Å². The standard InChI is InChI=1S/C20H20N2O2/c1-2-22-14-17(19(23)16-10-6-7-11-18(16)22)20(24)21-13-12-15-8-4-3-5-9-15/h3-11,14H,2,12-13H2,1H3,(H,21,24). The Kier molecular flexibility index (Phi) is 4.75. The first kappa shape index (κ1) is 16.0. The van der Waals surface area contributed by atoms with E-state index in [1.54, 1.807) is 12.3 Å². The van der Waals surface area contributed by atoms with E-state index in [1.165, 1.54) is 0 Å². The molecule has 4 heteroatoms. The van der Waals surface area contributed by atoms with Crippen LogP contribution in [0.2, 0.25) is 0 Å². The highest BCUT2D eigenvalue weighted by molar-refractivity contribution is 5.97. The fourth-order valence-corrected chi connectivity index (χ4v) is 2.83. The molecule has 0 atom stereocenters. The fourth-order valence-electron chi connectivity index (χ4n) is 2.83. The Morgan fingerprint density at radius 3 is 2.50 bits per heavy atom.